The summed E-state index contributed by atoms with van der Waals surface area (Å²) < 4.78 is 44.2. The van der Waals surface area contributed by atoms with Crippen LogP contribution in [0.4, 0.5) is 18.0 Å². The lowest BCUT2D eigenvalue weighted by molar-refractivity contribution is -0.137. The molecule has 0 fully saturated rings. The number of benzene rings is 2. The second kappa shape index (κ2) is 9.45. The number of nitrogens with one attached hydrogen (secondary N) is 1. The minimum atomic E-state index is -4.41. The van der Waals surface area contributed by atoms with Crippen molar-refractivity contribution in [3.8, 4) is 11.5 Å². The van der Waals surface area contributed by atoms with Crippen molar-refractivity contribution >= 4 is 12.0 Å². The second-order valence-electron chi connectivity index (χ2n) is 6.61. The molecule has 0 unspecified atom stereocenters. The first-order valence-electron chi connectivity index (χ1n) is 9.10. The Bertz CT molecular complexity index is 894. The molecule has 0 bridgehead atoms. The van der Waals surface area contributed by atoms with Crippen LogP contribution in [0.1, 0.15) is 42.0 Å². The number of imide groups is 1. The van der Waals surface area contributed by atoms with Crippen molar-refractivity contribution in [1.29, 1.82) is 0 Å². The number of amides is 2. The molecule has 2 amide bonds. The maximum Gasteiger partial charge on any atom is 0.416 e. The summed E-state index contributed by atoms with van der Waals surface area (Å²) in [4.78, 5) is 22.0. The van der Waals surface area contributed by atoms with Crippen LogP contribution < -0.4 is 10.1 Å². The van der Waals surface area contributed by atoms with Crippen molar-refractivity contribution < 1.29 is 32.6 Å². The van der Waals surface area contributed by atoms with Gasteiger partial charge in [-0.05, 0) is 66.8 Å². The molecule has 0 aliphatic rings. The van der Waals surface area contributed by atoms with Crippen LogP contribution in [0.2, 0.25) is 0 Å². The third-order valence-corrected chi connectivity index (χ3v) is 4.29. The Balaban J connectivity index is 2.17. The quantitative estimate of drug-likeness (QED) is 0.634. The molecule has 2 rings (SSSR count). The van der Waals surface area contributed by atoms with Gasteiger partial charge in [0.05, 0.1) is 5.56 Å². The third kappa shape index (κ3) is 6.51. The van der Waals surface area contributed by atoms with Gasteiger partial charge in [-0.3, -0.25) is 10.1 Å². The van der Waals surface area contributed by atoms with Gasteiger partial charge < -0.3 is 9.84 Å². The van der Waals surface area contributed by atoms with Gasteiger partial charge in [-0.25, -0.2) is 4.79 Å². The van der Waals surface area contributed by atoms with E-state index in [4.69, 9.17) is 9.84 Å². The Kier molecular flexibility index (Phi) is 7.25. The smallest absolute Gasteiger partial charge is 0.416 e. The number of hydrogen-bond donors (Lipinski definition) is 2. The molecule has 0 atom stereocenters. The van der Waals surface area contributed by atoms with Crippen LogP contribution in [0.5, 0.6) is 11.5 Å². The molecule has 156 valence electrons. The summed E-state index contributed by atoms with van der Waals surface area (Å²) in [5.41, 5.74) is 1.47. The maximum absolute atomic E-state index is 12.8. The molecule has 8 heteroatoms. The fraction of sp³-hybridized carbons (Fsp3) is 0.333. The van der Waals surface area contributed by atoms with Gasteiger partial charge in [0.1, 0.15) is 11.5 Å². The van der Waals surface area contributed by atoms with Crippen LogP contribution in [0.3, 0.4) is 0 Å². The van der Waals surface area contributed by atoms with Crippen LogP contribution in [0, 0.1) is 6.92 Å². The average molecular weight is 409 g/mol. The summed E-state index contributed by atoms with van der Waals surface area (Å²) in [6.07, 6.45) is -3.84. The first-order valence-corrected chi connectivity index (χ1v) is 9.10. The zero-order valence-corrected chi connectivity index (χ0v) is 16.1. The highest BCUT2D eigenvalue weighted by atomic mass is 19.4. The number of hydrogen-bond acceptors (Lipinski definition) is 3. The van der Waals surface area contributed by atoms with Gasteiger partial charge in [0.15, 0.2) is 0 Å². The van der Waals surface area contributed by atoms with E-state index in [1.54, 1.807) is 30.4 Å². The number of ether oxygens (including phenoxy) is 1. The SMILES string of the molecule is CCCc1cc(Oc2ccc(C(F)(F)F)cc2C)ccc1CCC(=O)NC(=O)O. The molecule has 0 saturated heterocycles. The largest absolute Gasteiger partial charge is 0.465 e. The van der Waals surface area contributed by atoms with Crippen LogP contribution >= 0.6 is 0 Å². The van der Waals surface area contributed by atoms with Gasteiger partial charge in [0, 0.05) is 6.42 Å². The van der Waals surface area contributed by atoms with Crippen molar-refractivity contribution in [2.75, 3.05) is 0 Å². The van der Waals surface area contributed by atoms with Gasteiger partial charge in [-0.15, -0.1) is 0 Å². The molecular weight excluding hydrogens is 387 g/mol. The Morgan fingerprint density at radius 2 is 1.79 bits per heavy atom. The van der Waals surface area contributed by atoms with Crippen LogP contribution in [-0.2, 0) is 23.8 Å². The predicted molar refractivity (Wildman–Crippen MR) is 101 cm³/mol. The summed E-state index contributed by atoms with van der Waals surface area (Å²) in [7, 11) is 0. The molecule has 2 aromatic rings. The number of rotatable bonds is 7. The van der Waals surface area contributed by atoms with Gasteiger partial charge >= 0.3 is 12.3 Å². The Hall–Kier alpha value is -3.03. The molecule has 0 aliphatic carbocycles. The highest BCUT2D eigenvalue weighted by Gasteiger charge is 2.30. The van der Waals surface area contributed by atoms with E-state index in [0.717, 1.165) is 36.1 Å². The summed E-state index contributed by atoms with van der Waals surface area (Å²) in [6, 6.07) is 8.57. The van der Waals surface area contributed by atoms with E-state index in [1.807, 2.05) is 6.92 Å². The number of carbonyl (C=O) groups is 2. The van der Waals surface area contributed by atoms with E-state index in [2.05, 4.69) is 0 Å². The standard InChI is InChI=1S/C21H22F3NO4/c1-3-4-15-12-17(8-5-14(15)6-10-19(26)25-20(27)28)29-18-9-7-16(11-13(18)2)21(22,23)24/h5,7-9,11-12H,3-4,6,10H2,1-2H3,(H,25,26)(H,27,28). The van der Waals surface area contributed by atoms with Gasteiger partial charge in [0.2, 0.25) is 5.91 Å². The normalized spacial score (nSPS) is 11.2. The molecule has 0 aliphatic heterocycles. The number of aryl methyl sites for hydroxylation is 3. The number of carboxylic acid groups (broad SMARTS) is 1. The summed E-state index contributed by atoms with van der Waals surface area (Å²) in [6.45, 7) is 3.54. The molecular formula is C21H22F3NO4. The number of halogens is 3. The van der Waals surface area contributed by atoms with E-state index in [9.17, 15) is 22.8 Å². The van der Waals surface area contributed by atoms with Crippen molar-refractivity contribution in [2.45, 2.75) is 45.7 Å². The first-order chi connectivity index (χ1) is 13.6. The summed E-state index contributed by atoms with van der Waals surface area (Å²) in [5, 5.41) is 10.4. The monoisotopic (exact) mass is 409 g/mol. The third-order valence-electron chi connectivity index (χ3n) is 4.29. The topological polar surface area (TPSA) is 75.6 Å². The van der Waals surface area contributed by atoms with Gasteiger partial charge in [-0.2, -0.15) is 13.2 Å². The molecule has 0 spiro atoms. The fourth-order valence-corrected chi connectivity index (χ4v) is 2.91. The number of carbonyl (C=O) groups excluding carboxylic acids is 1. The Morgan fingerprint density at radius 1 is 1.07 bits per heavy atom. The Labute approximate surface area is 166 Å². The van der Waals surface area contributed by atoms with E-state index >= 15 is 0 Å². The lowest BCUT2D eigenvalue weighted by atomic mass is 9.99. The van der Waals surface area contributed by atoms with E-state index in [0.29, 0.717) is 23.5 Å². The van der Waals surface area contributed by atoms with E-state index < -0.39 is 23.7 Å². The molecule has 5 nitrogen and oxygen atoms in total. The highest BCUT2D eigenvalue weighted by Crippen LogP contribution is 2.34. The summed E-state index contributed by atoms with van der Waals surface area (Å²) in [5.74, 6) is 0.227. The zero-order valence-electron chi connectivity index (χ0n) is 16.1. The molecule has 2 aromatic carbocycles. The van der Waals surface area contributed by atoms with Crippen molar-refractivity contribution in [3.05, 3.63) is 58.7 Å². The van der Waals surface area contributed by atoms with Crippen molar-refractivity contribution in [3.63, 3.8) is 0 Å². The van der Waals surface area contributed by atoms with Gasteiger partial charge in [-0.1, -0.05) is 19.4 Å². The van der Waals surface area contributed by atoms with Crippen LogP contribution in [0.15, 0.2) is 36.4 Å². The van der Waals surface area contributed by atoms with Crippen molar-refractivity contribution in [2.24, 2.45) is 0 Å². The zero-order chi connectivity index (χ0) is 21.6. The maximum atomic E-state index is 12.8. The van der Waals surface area contributed by atoms with Crippen molar-refractivity contribution in [1.82, 2.24) is 5.32 Å². The van der Waals surface area contributed by atoms with Crippen LogP contribution in [-0.4, -0.2) is 17.1 Å². The lowest BCUT2D eigenvalue weighted by Gasteiger charge is -2.14. The minimum absolute atomic E-state index is 0.0290. The molecule has 0 radical (unpaired) electrons. The molecule has 29 heavy (non-hydrogen) atoms. The van der Waals surface area contributed by atoms with E-state index in [-0.39, 0.29) is 6.42 Å². The molecule has 0 aromatic heterocycles. The van der Waals surface area contributed by atoms with E-state index in [1.165, 1.54) is 6.07 Å². The summed E-state index contributed by atoms with van der Waals surface area (Å²) >= 11 is 0. The first kappa shape index (κ1) is 22.3. The molecule has 2 N–H and O–H groups in total. The number of alkyl halides is 3. The minimum Gasteiger partial charge on any atom is -0.465 e. The Morgan fingerprint density at radius 3 is 2.38 bits per heavy atom. The second-order valence-corrected chi connectivity index (χ2v) is 6.61. The predicted octanol–water partition coefficient (Wildman–Crippen LogP) is 5.49. The molecule has 0 saturated carbocycles. The molecule has 0 heterocycles. The fourth-order valence-electron chi connectivity index (χ4n) is 2.91. The highest BCUT2D eigenvalue weighted by molar-refractivity contribution is 5.90. The van der Waals surface area contributed by atoms with Crippen LogP contribution in [0.25, 0.3) is 0 Å². The lowest BCUT2D eigenvalue weighted by Crippen LogP contribution is -2.28. The average Bonchev–Trinajstić information content (AvgIpc) is 2.61. The van der Waals surface area contributed by atoms with Gasteiger partial charge in [0.25, 0.3) is 0 Å².